The van der Waals surface area contributed by atoms with Crippen molar-refractivity contribution in [2.45, 2.75) is 32.2 Å². The van der Waals surface area contributed by atoms with Crippen molar-refractivity contribution >= 4 is 5.91 Å². The van der Waals surface area contributed by atoms with Crippen LogP contribution in [0.4, 0.5) is 0 Å². The highest BCUT2D eigenvalue weighted by Gasteiger charge is 2.27. The highest BCUT2D eigenvalue weighted by molar-refractivity contribution is 5.78. The van der Waals surface area contributed by atoms with Crippen molar-refractivity contribution in [3.63, 3.8) is 0 Å². The molecule has 1 aliphatic carbocycles. The fourth-order valence-corrected chi connectivity index (χ4v) is 2.57. The van der Waals surface area contributed by atoms with Gasteiger partial charge in [0.2, 0.25) is 5.91 Å². The molecular weight excluding hydrogens is 230 g/mol. The highest BCUT2D eigenvalue weighted by Crippen LogP contribution is 2.29. The predicted molar refractivity (Wildman–Crippen MR) is 67.4 cm³/mol. The Kier molecular flexibility index (Phi) is 4.30. The number of hydrogen-bond acceptors (Lipinski definition) is 4. The van der Waals surface area contributed by atoms with Gasteiger partial charge in [-0.3, -0.25) is 9.89 Å². The molecule has 0 aliphatic heterocycles. The molecule has 3 N–H and O–H groups in total. The van der Waals surface area contributed by atoms with Crippen LogP contribution in [0.15, 0.2) is 6.33 Å². The second-order valence-electron chi connectivity index (χ2n) is 5.08. The van der Waals surface area contributed by atoms with E-state index in [1.54, 1.807) is 4.90 Å². The molecule has 100 valence electrons. The van der Waals surface area contributed by atoms with Crippen molar-refractivity contribution < 1.29 is 4.79 Å². The molecular formula is C12H21N5O. The predicted octanol–water partition coefficient (Wildman–Crippen LogP) is 0.528. The van der Waals surface area contributed by atoms with Crippen LogP contribution in [0.5, 0.6) is 0 Å². The minimum absolute atomic E-state index is 0.153. The van der Waals surface area contributed by atoms with Gasteiger partial charge in [0.25, 0.3) is 0 Å². The van der Waals surface area contributed by atoms with Gasteiger partial charge in [0, 0.05) is 13.0 Å². The number of carbonyl (C=O) groups excluding carboxylic acids is 1. The smallest absolute Gasteiger partial charge is 0.225 e. The average molecular weight is 251 g/mol. The van der Waals surface area contributed by atoms with E-state index >= 15 is 0 Å². The number of aromatic amines is 1. The lowest BCUT2D eigenvalue weighted by Crippen LogP contribution is -2.35. The lowest BCUT2D eigenvalue weighted by Gasteiger charge is -2.29. The van der Waals surface area contributed by atoms with Gasteiger partial charge >= 0.3 is 0 Å². The average Bonchev–Trinajstić information content (AvgIpc) is 2.91. The molecule has 1 saturated carbocycles. The summed E-state index contributed by atoms with van der Waals surface area (Å²) in [5, 5.41) is 6.55. The third-order valence-electron chi connectivity index (χ3n) is 3.76. The van der Waals surface area contributed by atoms with Crippen LogP contribution in [-0.4, -0.2) is 39.6 Å². The highest BCUT2D eigenvalue weighted by atomic mass is 16.2. The van der Waals surface area contributed by atoms with Gasteiger partial charge < -0.3 is 10.6 Å². The van der Waals surface area contributed by atoms with E-state index in [1.807, 2.05) is 7.05 Å². The van der Waals surface area contributed by atoms with Crippen LogP contribution in [0, 0.1) is 11.8 Å². The number of H-pyrrole nitrogens is 1. The Hall–Kier alpha value is -1.43. The van der Waals surface area contributed by atoms with E-state index < -0.39 is 0 Å². The number of nitrogens with one attached hydrogen (secondary N) is 1. The number of nitrogens with zero attached hydrogens (tertiary/aromatic N) is 3. The van der Waals surface area contributed by atoms with Gasteiger partial charge in [0.05, 0.1) is 6.54 Å². The third kappa shape index (κ3) is 3.07. The Labute approximate surface area is 107 Å². The van der Waals surface area contributed by atoms with Gasteiger partial charge in [-0.05, 0) is 38.1 Å². The Morgan fingerprint density at radius 3 is 2.78 bits per heavy atom. The topological polar surface area (TPSA) is 87.9 Å². The fourth-order valence-electron chi connectivity index (χ4n) is 2.57. The number of carbonyl (C=O) groups is 1. The molecule has 1 aromatic rings. The van der Waals surface area contributed by atoms with Crippen LogP contribution < -0.4 is 5.73 Å². The molecule has 1 aliphatic rings. The monoisotopic (exact) mass is 251 g/mol. The van der Waals surface area contributed by atoms with Gasteiger partial charge in [0.15, 0.2) is 0 Å². The zero-order valence-electron chi connectivity index (χ0n) is 10.8. The minimum atomic E-state index is 0.153. The van der Waals surface area contributed by atoms with Crippen molar-refractivity contribution in [3.05, 3.63) is 12.2 Å². The molecule has 0 unspecified atom stereocenters. The third-order valence-corrected chi connectivity index (χ3v) is 3.76. The molecule has 2 rings (SSSR count). The van der Waals surface area contributed by atoms with Crippen LogP contribution in [0.2, 0.25) is 0 Å². The maximum atomic E-state index is 12.3. The molecule has 1 aromatic heterocycles. The van der Waals surface area contributed by atoms with Gasteiger partial charge in [-0.1, -0.05) is 0 Å². The molecule has 0 spiro atoms. The number of amides is 1. The summed E-state index contributed by atoms with van der Waals surface area (Å²) in [6.45, 7) is 1.24. The van der Waals surface area contributed by atoms with E-state index in [9.17, 15) is 4.79 Å². The SMILES string of the molecule is CN(Cc1ncn[nH]1)C(=O)C1CCC(CN)CC1. The Bertz CT molecular complexity index is 370. The van der Waals surface area contributed by atoms with E-state index in [0.717, 1.165) is 38.1 Å². The standard InChI is InChI=1S/C12H21N5O/c1-17(7-11-14-8-15-16-11)12(18)10-4-2-9(6-13)3-5-10/h8-10H,2-7,13H2,1H3,(H,14,15,16). The Balaban J connectivity index is 1.84. The van der Waals surface area contributed by atoms with Crippen LogP contribution in [0.1, 0.15) is 31.5 Å². The maximum Gasteiger partial charge on any atom is 0.225 e. The van der Waals surface area contributed by atoms with Crippen molar-refractivity contribution in [1.29, 1.82) is 0 Å². The molecule has 18 heavy (non-hydrogen) atoms. The summed E-state index contributed by atoms with van der Waals surface area (Å²) >= 11 is 0. The minimum Gasteiger partial charge on any atom is -0.338 e. The number of hydrogen-bond donors (Lipinski definition) is 2. The summed E-state index contributed by atoms with van der Waals surface area (Å²) in [4.78, 5) is 18.0. The van der Waals surface area contributed by atoms with Crippen molar-refractivity contribution in [2.24, 2.45) is 17.6 Å². The molecule has 0 atom stereocenters. The first kappa shape index (κ1) is 13.0. The van der Waals surface area contributed by atoms with E-state index in [2.05, 4.69) is 15.2 Å². The molecule has 0 saturated heterocycles. The lowest BCUT2D eigenvalue weighted by atomic mass is 9.81. The van der Waals surface area contributed by atoms with Crippen molar-refractivity contribution in [3.8, 4) is 0 Å². The normalized spacial score (nSPS) is 23.9. The second kappa shape index (κ2) is 5.95. The largest absolute Gasteiger partial charge is 0.338 e. The summed E-state index contributed by atoms with van der Waals surface area (Å²) in [5.41, 5.74) is 5.66. The molecule has 0 bridgehead atoms. The Morgan fingerprint density at radius 1 is 1.50 bits per heavy atom. The van der Waals surface area contributed by atoms with E-state index in [1.165, 1.54) is 6.33 Å². The van der Waals surface area contributed by atoms with Gasteiger partial charge in [-0.2, -0.15) is 5.10 Å². The molecule has 1 amide bonds. The molecule has 6 nitrogen and oxygen atoms in total. The quantitative estimate of drug-likeness (QED) is 0.817. The number of aromatic nitrogens is 3. The first-order chi connectivity index (χ1) is 8.70. The summed E-state index contributed by atoms with van der Waals surface area (Å²) in [6.07, 6.45) is 5.52. The summed E-state index contributed by atoms with van der Waals surface area (Å²) in [7, 11) is 1.82. The summed E-state index contributed by atoms with van der Waals surface area (Å²) in [5.74, 6) is 1.69. The van der Waals surface area contributed by atoms with Gasteiger partial charge in [-0.15, -0.1) is 0 Å². The first-order valence-corrected chi connectivity index (χ1v) is 6.50. The van der Waals surface area contributed by atoms with Crippen molar-refractivity contribution in [1.82, 2.24) is 20.1 Å². The number of rotatable bonds is 4. The van der Waals surface area contributed by atoms with Crippen LogP contribution in [-0.2, 0) is 11.3 Å². The van der Waals surface area contributed by atoms with Crippen LogP contribution in [0.3, 0.4) is 0 Å². The molecule has 0 radical (unpaired) electrons. The maximum absolute atomic E-state index is 12.3. The van der Waals surface area contributed by atoms with Gasteiger partial charge in [-0.25, -0.2) is 4.98 Å². The summed E-state index contributed by atoms with van der Waals surface area (Å²) < 4.78 is 0. The Morgan fingerprint density at radius 2 is 2.22 bits per heavy atom. The van der Waals surface area contributed by atoms with E-state index in [4.69, 9.17) is 5.73 Å². The molecule has 1 fully saturated rings. The molecule has 0 aromatic carbocycles. The molecule has 6 heteroatoms. The zero-order chi connectivity index (χ0) is 13.0. The number of nitrogens with two attached hydrogens (primary N) is 1. The van der Waals surface area contributed by atoms with Gasteiger partial charge in [0.1, 0.15) is 12.2 Å². The lowest BCUT2D eigenvalue weighted by molar-refractivity contribution is -0.136. The van der Waals surface area contributed by atoms with Crippen LogP contribution >= 0.6 is 0 Å². The van der Waals surface area contributed by atoms with Crippen molar-refractivity contribution in [2.75, 3.05) is 13.6 Å². The van der Waals surface area contributed by atoms with Crippen LogP contribution in [0.25, 0.3) is 0 Å². The fraction of sp³-hybridized carbons (Fsp3) is 0.750. The van der Waals surface area contributed by atoms with E-state index in [0.29, 0.717) is 12.5 Å². The van der Waals surface area contributed by atoms with E-state index in [-0.39, 0.29) is 11.8 Å². The second-order valence-corrected chi connectivity index (χ2v) is 5.08. The zero-order valence-corrected chi connectivity index (χ0v) is 10.8. The summed E-state index contributed by atoms with van der Waals surface area (Å²) in [6, 6.07) is 0. The molecule has 1 heterocycles. The first-order valence-electron chi connectivity index (χ1n) is 6.50.